The van der Waals surface area contributed by atoms with Crippen LogP contribution in [0.2, 0.25) is 0 Å². The number of carbonyl (C=O) groups excluding carboxylic acids is 1. The van der Waals surface area contributed by atoms with Crippen LogP contribution in [-0.2, 0) is 17.8 Å². The minimum atomic E-state index is -0.104. The molecule has 0 spiro atoms. The van der Waals surface area contributed by atoms with E-state index in [1.807, 2.05) is 54.6 Å². The largest absolute Gasteiger partial charge is 0.488 e. The maximum atomic E-state index is 13.1. The fraction of sp³-hybridized carbons (Fsp3) is 0.154. The van der Waals surface area contributed by atoms with E-state index >= 15 is 0 Å². The molecule has 4 rings (SSSR count). The van der Waals surface area contributed by atoms with Gasteiger partial charge in [-0.25, -0.2) is 0 Å². The normalized spacial score (nSPS) is 15.0. The predicted octanol–water partition coefficient (Wildman–Crippen LogP) is 6.54. The summed E-state index contributed by atoms with van der Waals surface area (Å²) in [5, 5.41) is 0. The van der Waals surface area contributed by atoms with E-state index in [1.165, 1.54) is 22.9 Å². The summed E-state index contributed by atoms with van der Waals surface area (Å²) in [5.74, 6) is 0.633. The highest BCUT2D eigenvalue weighted by atomic mass is 32.2. The van der Waals surface area contributed by atoms with Crippen molar-refractivity contribution in [1.82, 2.24) is 0 Å². The quantitative estimate of drug-likeness (QED) is 0.318. The van der Waals surface area contributed by atoms with Gasteiger partial charge in [-0.3, -0.25) is 9.69 Å². The number of para-hydroxylation sites is 1. The van der Waals surface area contributed by atoms with Crippen LogP contribution in [0.5, 0.6) is 5.75 Å². The first-order valence-corrected chi connectivity index (χ1v) is 11.4. The van der Waals surface area contributed by atoms with Gasteiger partial charge in [0.05, 0.1) is 10.6 Å². The van der Waals surface area contributed by atoms with Gasteiger partial charge < -0.3 is 4.74 Å². The smallest absolute Gasteiger partial charge is 0.270 e. The summed E-state index contributed by atoms with van der Waals surface area (Å²) in [6.07, 6.45) is 2.82. The second-order valence-electron chi connectivity index (χ2n) is 7.35. The van der Waals surface area contributed by atoms with E-state index in [0.29, 0.717) is 15.8 Å². The number of hydrogen-bond donors (Lipinski definition) is 0. The molecule has 0 atom stereocenters. The number of nitrogens with zero attached hydrogens (tertiary/aromatic N) is 1. The number of amides is 1. The Labute approximate surface area is 192 Å². The van der Waals surface area contributed by atoms with Gasteiger partial charge in [-0.1, -0.05) is 91.1 Å². The molecule has 1 aliphatic heterocycles. The second kappa shape index (κ2) is 9.50. The number of anilines is 1. The van der Waals surface area contributed by atoms with E-state index in [4.69, 9.17) is 17.0 Å². The van der Waals surface area contributed by atoms with Crippen molar-refractivity contribution in [1.29, 1.82) is 0 Å². The maximum Gasteiger partial charge on any atom is 0.270 e. The Balaban J connectivity index is 1.55. The fourth-order valence-electron chi connectivity index (χ4n) is 3.29. The highest BCUT2D eigenvalue weighted by Gasteiger charge is 2.33. The molecule has 1 fully saturated rings. The summed E-state index contributed by atoms with van der Waals surface area (Å²) in [5.41, 5.74) is 5.20. The van der Waals surface area contributed by atoms with Crippen LogP contribution in [0, 0.1) is 6.92 Å². The first-order valence-electron chi connectivity index (χ1n) is 10.2. The Morgan fingerprint density at radius 1 is 0.968 bits per heavy atom. The SMILES string of the molecule is CCc1ccc(N2C(=O)C(=Cc3ccccc3OCc3ccc(C)cc3)SC2=S)cc1. The molecule has 1 heterocycles. The second-order valence-corrected chi connectivity index (χ2v) is 9.02. The lowest BCUT2D eigenvalue weighted by molar-refractivity contribution is -0.113. The van der Waals surface area contributed by atoms with E-state index in [1.54, 1.807) is 4.90 Å². The molecule has 31 heavy (non-hydrogen) atoms. The molecule has 0 bridgehead atoms. The molecule has 0 N–H and O–H groups in total. The van der Waals surface area contributed by atoms with Gasteiger partial charge in [0, 0.05) is 5.56 Å². The number of hydrogen-bond acceptors (Lipinski definition) is 4. The predicted molar refractivity (Wildman–Crippen MR) is 133 cm³/mol. The molecule has 0 unspecified atom stereocenters. The molecule has 0 aromatic heterocycles. The van der Waals surface area contributed by atoms with E-state index in [9.17, 15) is 4.79 Å². The third-order valence-electron chi connectivity index (χ3n) is 5.12. The molecule has 3 aromatic rings. The summed E-state index contributed by atoms with van der Waals surface area (Å²) < 4.78 is 6.60. The van der Waals surface area contributed by atoms with Crippen molar-refractivity contribution in [3.63, 3.8) is 0 Å². The van der Waals surface area contributed by atoms with Gasteiger partial charge >= 0.3 is 0 Å². The van der Waals surface area contributed by atoms with Crippen molar-refractivity contribution in [2.24, 2.45) is 0 Å². The van der Waals surface area contributed by atoms with Crippen molar-refractivity contribution >= 4 is 46.0 Å². The minimum Gasteiger partial charge on any atom is -0.488 e. The molecule has 1 amide bonds. The van der Waals surface area contributed by atoms with Crippen molar-refractivity contribution in [2.45, 2.75) is 26.9 Å². The highest BCUT2D eigenvalue weighted by Crippen LogP contribution is 2.37. The molecule has 3 aromatic carbocycles. The van der Waals surface area contributed by atoms with E-state index in [0.717, 1.165) is 29.0 Å². The molecule has 0 aliphatic carbocycles. The van der Waals surface area contributed by atoms with Crippen LogP contribution in [0.15, 0.2) is 77.7 Å². The Morgan fingerprint density at radius 3 is 2.35 bits per heavy atom. The molecule has 0 saturated carbocycles. The van der Waals surface area contributed by atoms with Gasteiger partial charge in [0.2, 0.25) is 0 Å². The minimum absolute atomic E-state index is 0.104. The Kier molecular flexibility index (Phi) is 6.54. The Morgan fingerprint density at radius 2 is 1.65 bits per heavy atom. The number of ether oxygens (including phenoxy) is 1. The zero-order valence-electron chi connectivity index (χ0n) is 17.5. The van der Waals surface area contributed by atoms with Crippen molar-refractivity contribution in [3.8, 4) is 5.75 Å². The van der Waals surface area contributed by atoms with Gasteiger partial charge in [-0.2, -0.15) is 0 Å². The van der Waals surface area contributed by atoms with Crippen LogP contribution >= 0.6 is 24.0 Å². The fourth-order valence-corrected chi connectivity index (χ4v) is 4.58. The number of thiocarbonyl (C=S) groups is 1. The molecule has 5 heteroatoms. The van der Waals surface area contributed by atoms with Gasteiger partial charge in [0.25, 0.3) is 5.91 Å². The number of rotatable bonds is 6. The highest BCUT2D eigenvalue weighted by molar-refractivity contribution is 8.27. The average molecular weight is 446 g/mol. The van der Waals surface area contributed by atoms with Crippen LogP contribution in [0.25, 0.3) is 6.08 Å². The van der Waals surface area contributed by atoms with Crippen LogP contribution in [0.4, 0.5) is 5.69 Å². The molecule has 3 nitrogen and oxygen atoms in total. The van der Waals surface area contributed by atoms with Gasteiger partial charge in [-0.15, -0.1) is 0 Å². The lowest BCUT2D eigenvalue weighted by Gasteiger charge is -2.14. The van der Waals surface area contributed by atoms with Crippen LogP contribution < -0.4 is 9.64 Å². The van der Waals surface area contributed by atoms with Crippen LogP contribution in [-0.4, -0.2) is 10.2 Å². The molecular formula is C26H23NO2S2. The zero-order valence-corrected chi connectivity index (χ0v) is 19.1. The van der Waals surface area contributed by atoms with Crippen molar-refractivity contribution in [3.05, 3.63) is 100.0 Å². The Hall–Kier alpha value is -2.89. The summed E-state index contributed by atoms with van der Waals surface area (Å²) >= 11 is 6.83. The summed E-state index contributed by atoms with van der Waals surface area (Å²) in [4.78, 5) is 15.3. The molecule has 156 valence electrons. The number of thioether (sulfide) groups is 1. The molecular weight excluding hydrogens is 422 g/mol. The van der Waals surface area contributed by atoms with E-state index in [-0.39, 0.29) is 5.91 Å². The molecule has 0 radical (unpaired) electrons. The lowest BCUT2D eigenvalue weighted by Crippen LogP contribution is -2.27. The van der Waals surface area contributed by atoms with E-state index in [2.05, 4.69) is 38.1 Å². The van der Waals surface area contributed by atoms with Crippen molar-refractivity contribution in [2.75, 3.05) is 4.90 Å². The standard InChI is InChI=1S/C26H23NO2S2/c1-3-19-12-14-22(15-13-19)27-25(28)24(31-26(27)30)16-21-6-4-5-7-23(21)29-17-20-10-8-18(2)9-11-20/h4-16H,3,17H2,1-2H3. The van der Waals surface area contributed by atoms with Crippen molar-refractivity contribution < 1.29 is 9.53 Å². The van der Waals surface area contributed by atoms with Gasteiger partial charge in [0.15, 0.2) is 4.32 Å². The first-order chi connectivity index (χ1) is 15.0. The average Bonchev–Trinajstić information content (AvgIpc) is 3.07. The maximum absolute atomic E-state index is 13.1. The molecule has 1 aliphatic rings. The zero-order chi connectivity index (χ0) is 21.8. The topological polar surface area (TPSA) is 29.5 Å². The summed E-state index contributed by atoms with van der Waals surface area (Å²) in [6, 6.07) is 24.0. The molecule has 1 saturated heterocycles. The van der Waals surface area contributed by atoms with Crippen LogP contribution in [0.1, 0.15) is 29.2 Å². The number of benzene rings is 3. The van der Waals surface area contributed by atoms with E-state index < -0.39 is 0 Å². The third kappa shape index (κ3) is 4.89. The first kappa shape index (κ1) is 21.3. The van der Waals surface area contributed by atoms with Crippen LogP contribution in [0.3, 0.4) is 0 Å². The number of aryl methyl sites for hydroxylation is 2. The Bertz CT molecular complexity index is 1130. The third-order valence-corrected chi connectivity index (χ3v) is 6.42. The lowest BCUT2D eigenvalue weighted by atomic mass is 10.1. The van der Waals surface area contributed by atoms with Gasteiger partial charge in [-0.05, 0) is 48.7 Å². The number of carbonyl (C=O) groups is 1. The monoisotopic (exact) mass is 445 g/mol. The summed E-state index contributed by atoms with van der Waals surface area (Å²) in [6.45, 7) is 4.64. The summed E-state index contributed by atoms with van der Waals surface area (Å²) in [7, 11) is 0. The van der Waals surface area contributed by atoms with Gasteiger partial charge in [0.1, 0.15) is 12.4 Å².